The van der Waals surface area contributed by atoms with Crippen LogP contribution in [0.3, 0.4) is 0 Å². The normalized spacial score (nSPS) is 26.4. The Morgan fingerprint density at radius 3 is 2.29 bits per heavy atom. The maximum absolute atomic E-state index is 12.7. The first kappa shape index (κ1) is 26.3. The molecule has 0 aromatic carbocycles. The van der Waals surface area contributed by atoms with Crippen LogP contribution >= 0.6 is 11.8 Å². The molecule has 0 aromatic rings. The molecule has 10 nitrogen and oxygen atoms in total. The standard InChI is InChI=1S/C23H32N2O8S/c1-14(26)15(2)32-10-3-11-34-18-12-21(29)24(22(18)30)13-16-4-6-17(7-5-16)23(31)33-25-19(27)8-9-20(25)28/h15-18H,3-13H2,1-2H3/t15-,16?,17?,18?/m1/s1. The molecule has 188 valence electrons. The SMILES string of the molecule is CC(=O)[C@@H](C)OCCCSC1CC(=O)N(CC2CCC(C(=O)ON3C(=O)CCC3=O)CC2)C1=O. The number of Topliss-reactive ketones (excluding diaryl/α,β-unsaturated/α-hetero) is 1. The van der Waals surface area contributed by atoms with Crippen LogP contribution in [0.25, 0.3) is 0 Å². The summed E-state index contributed by atoms with van der Waals surface area (Å²) in [5.74, 6) is -1.56. The van der Waals surface area contributed by atoms with Gasteiger partial charge in [0.15, 0.2) is 5.78 Å². The van der Waals surface area contributed by atoms with Gasteiger partial charge in [-0.1, -0.05) is 0 Å². The molecule has 0 bridgehead atoms. The lowest BCUT2D eigenvalue weighted by Crippen LogP contribution is -2.39. The lowest BCUT2D eigenvalue weighted by atomic mass is 9.82. The van der Waals surface area contributed by atoms with E-state index in [2.05, 4.69) is 0 Å². The second kappa shape index (κ2) is 11.9. The second-order valence-electron chi connectivity index (χ2n) is 9.09. The number of imide groups is 2. The van der Waals surface area contributed by atoms with E-state index in [0.29, 0.717) is 56.1 Å². The average Bonchev–Trinajstić information content (AvgIpc) is 3.26. The number of likely N-dealkylation sites (tertiary alicyclic amines) is 1. The van der Waals surface area contributed by atoms with Crippen molar-refractivity contribution >= 4 is 47.1 Å². The third kappa shape index (κ3) is 6.65. The Labute approximate surface area is 203 Å². The van der Waals surface area contributed by atoms with Crippen LogP contribution in [0.4, 0.5) is 0 Å². The smallest absolute Gasteiger partial charge is 0.336 e. The summed E-state index contributed by atoms with van der Waals surface area (Å²) in [6.45, 7) is 3.96. The molecule has 3 aliphatic rings. The lowest BCUT2D eigenvalue weighted by Gasteiger charge is -2.30. The van der Waals surface area contributed by atoms with Crippen molar-refractivity contribution in [2.45, 2.75) is 76.6 Å². The molecule has 1 saturated carbocycles. The molecule has 4 amide bonds. The molecular weight excluding hydrogens is 464 g/mol. The van der Waals surface area contributed by atoms with Crippen LogP contribution in [-0.2, 0) is 38.3 Å². The van der Waals surface area contributed by atoms with E-state index >= 15 is 0 Å². The summed E-state index contributed by atoms with van der Waals surface area (Å²) in [7, 11) is 0. The summed E-state index contributed by atoms with van der Waals surface area (Å²) in [5.41, 5.74) is 0. The molecule has 0 aromatic heterocycles. The Kier molecular flexibility index (Phi) is 9.24. The number of rotatable bonds is 11. The molecular formula is C23H32N2O8S. The zero-order chi connectivity index (χ0) is 24.8. The fourth-order valence-electron chi connectivity index (χ4n) is 4.30. The number of carbonyl (C=O) groups is 6. The number of ether oxygens (including phenoxy) is 1. The molecule has 2 heterocycles. The van der Waals surface area contributed by atoms with Crippen LogP contribution in [0.2, 0.25) is 0 Å². The van der Waals surface area contributed by atoms with Crippen molar-refractivity contribution in [2.24, 2.45) is 11.8 Å². The minimum Gasteiger partial charge on any atom is -0.371 e. The molecule has 0 N–H and O–H groups in total. The van der Waals surface area contributed by atoms with E-state index in [-0.39, 0.29) is 48.0 Å². The average molecular weight is 497 g/mol. The predicted molar refractivity (Wildman–Crippen MR) is 121 cm³/mol. The van der Waals surface area contributed by atoms with Gasteiger partial charge in [0.2, 0.25) is 11.8 Å². The van der Waals surface area contributed by atoms with Crippen molar-refractivity contribution in [2.75, 3.05) is 18.9 Å². The summed E-state index contributed by atoms with van der Waals surface area (Å²) in [6.07, 6.45) is 2.91. The van der Waals surface area contributed by atoms with Gasteiger partial charge in [-0.25, -0.2) is 4.79 Å². The first-order valence-corrected chi connectivity index (χ1v) is 12.9. The highest BCUT2D eigenvalue weighted by Gasteiger charge is 2.41. The number of carbonyl (C=O) groups excluding carboxylic acids is 6. The van der Waals surface area contributed by atoms with Gasteiger partial charge in [0, 0.05) is 32.4 Å². The maximum Gasteiger partial charge on any atom is 0.336 e. The Bertz CT molecular complexity index is 823. The summed E-state index contributed by atoms with van der Waals surface area (Å²) in [6, 6.07) is 0. The van der Waals surface area contributed by atoms with Crippen molar-refractivity contribution in [1.82, 2.24) is 9.96 Å². The summed E-state index contributed by atoms with van der Waals surface area (Å²) in [4.78, 5) is 78.3. The number of amides is 4. The maximum atomic E-state index is 12.7. The summed E-state index contributed by atoms with van der Waals surface area (Å²) in [5, 5.41) is 0.184. The van der Waals surface area contributed by atoms with Gasteiger partial charge in [0.1, 0.15) is 6.10 Å². The fourth-order valence-corrected chi connectivity index (χ4v) is 5.40. The molecule has 0 spiro atoms. The van der Waals surface area contributed by atoms with Crippen molar-refractivity contribution in [3.05, 3.63) is 0 Å². The number of hydrogen-bond acceptors (Lipinski definition) is 9. The Morgan fingerprint density at radius 1 is 1.03 bits per heavy atom. The van der Waals surface area contributed by atoms with E-state index in [0.717, 1.165) is 0 Å². The lowest BCUT2D eigenvalue weighted by molar-refractivity contribution is -0.201. The molecule has 1 unspecified atom stereocenters. The number of ketones is 1. The van der Waals surface area contributed by atoms with Crippen LogP contribution < -0.4 is 0 Å². The quantitative estimate of drug-likeness (QED) is 0.310. The predicted octanol–water partition coefficient (Wildman–Crippen LogP) is 1.64. The van der Waals surface area contributed by atoms with Gasteiger partial charge in [-0.15, -0.1) is 16.8 Å². The molecule has 0 radical (unpaired) electrons. The van der Waals surface area contributed by atoms with Gasteiger partial charge in [0.25, 0.3) is 11.8 Å². The van der Waals surface area contributed by atoms with Gasteiger partial charge in [0.05, 0.1) is 11.2 Å². The number of nitrogens with zero attached hydrogens (tertiary/aromatic N) is 2. The number of thioether (sulfide) groups is 1. The summed E-state index contributed by atoms with van der Waals surface area (Å²) >= 11 is 1.44. The van der Waals surface area contributed by atoms with E-state index in [9.17, 15) is 28.8 Å². The van der Waals surface area contributed by atoms with Gasteiger partial charge in [-0.3, -0.25) is 28.9 Å². The Hall–Kier alpha value is -2.27. The van der Waals surface area contributed by atoms with Crippen molar-refractivity contribution < 1.29 is 38.3 Å². The van der Waals surface area contributed by atoms with Crippen LogP contribution in [0.15, 0.2) is 0 Å². The van der Waals surface area contributed by atoms with Gasteiger partial charge in [-0.05, 0) is 57.6 Å². The molecule has 2 atom stereocenters. The third-order valence-corrected chi connectivity index (χ3v) is 7.85. The Balaban J connectivity index is 1.37. The zero-order valence-corrected chi connectivity index (χ0v) is 20.5. The van der Waals surface area contributed by atoms with Crippen LogP contribution in [0, 0.1) is 11.8 Å². The molecule has 34 heavy (non-hydrogen) atoms. The number of hydrogen-bond donors (Lipinski definition) is 0. The van der Waals surface area contributed by atoms with Crippen molar-refractivity contribution in [3.8, 4) is 0 Å². The summed E-state index contributed by atoms with van der Waals surface area (Å²) < 4.78 is 5.42. The Morgan fingerprint density at radius 2 is 1.68 bits per heavy atom. The minimum absolute atomic E-state index is 0.0254. The van der Waals surface area contributed by atoms with Crippen molar-refractivity contribution in [1.29, 1.82) is 0 Å². The van der Waals surface area contributed by atoms with E-state index in [1.54, 1.807) is 6.92 Å². The van der Waals surface area contributed by atoms with Crippen LogP contribution in [0.1, 0.15) is 65.2 Å². The molecule has 3 rings (SSSR count). The highest BCUT2D eigenvalue weighted by molar-refractivity contribution is 8.00. The highest BCUT2D eigenvalue weighted by atomic mass is 32.2. The van der Waals surface area contributed by atoms with Gasteiger partial charge >= 0.3 is 5.97 Å². The van der Waals surface area contributed by atoms with E-state index < -0.39 is 29.8 Å². The van der Waals surface area contributed by atoms with E-state index in [1.165, 1.54) is 23.6 Å². The van der Waals surface area contributed by atoms with Crippen molar-refractivity contribution in [3.63, 3.8) is 0 Å². The molecule has 1 aliphatic carbocycles. The first-order valence-electron chi connectivity index (χ1n) is 11.8. The minimum atomic E-state index is -0.575. The molecule has 3 fully saturated rings. The topological polar surface area (TPSA) is 127 Å². The van der Waals surface area contributed by atoms with E-state index in [4.69, 9.17) is 9.57 Å². The molecule has 2 aliphatic heterocycles. The number of hydroxylamine groups is 2. The largest absolute Gasteiger partial charge is 0.371 e. The molecule has 2 saturated heterocycles. The van der Waals surface area contributed by atoms with Crippen LogP contribution in [-0.4, -0.2) is 75.6 Å². The first-order chi connectivity index (χ1) is 16.2. The second-order valence-corrected chi connectivity index (χ2v) is 10.4. The zero-order valence-electron chi connectivity index (χ0n) is 19.7. The van der Waals surface area contributed by atoms with Crippen LogP contribution in [0.5, 0.6) is 0 Å². The van der Waals surface area contributed by atoms with E-state index in [1.807, 2.05) is 0 Å². The highest BCUT2D eigenvalue weighted by Crippen LogP contribution is 2.33. The third-order valence-electron chi connectivity index (χ3n) is 6.56. The monoisotopic (exact) mass is 496 g/mol. The molecule has 11 heteroatoms. The fraction of sp³-hybridized carbons (Fsp3) is 0.739. The van der Waals surface area contributed by atoms with Gasteiger partial charge < -0.3 is 9.57 Å². The van der Waals surface area contributed by atoms with Gasteiger partial charge in [-0.2, -0.15) is 0 Å².